The SMILES string of the molecule is Clc1nc2c(nc1-c1cccnc1)sc1cc(-c3ccccc3)c(-c3ccccc3)cc12. The maximum atomic E-state index is 6.58. The number of aromatic nitrogens is 3. The predicted octanol–water partition coefficient (Wildman–Crippen LogP) is 7.89. The van der Waals surface area contributed by atoms with Gasteiger partial charge in [-0.25, -0.2) is 9.97 Å². The molecule has 5 heteroatoms. The molecule has 0 N–H and O–H groups in total. The van der Waals surface area contributed by atoms with Gasteiger partial charge in [0, 0.05) is 28.0 Å². The summed E-state index contributed by atoms with van der Waals surface area (Å²) in [5.41, 5.74) is 7.05. The lowest BCUT2D eigenvalue weighted by Gasteiger charge is -2.11. The summed E-state index contributed by atoms with van der Waals surface area (Å²) in [7, 11) is 0. The van der Waals surface area contributed by atoms with E-state index in [-0.39, 0.29) is 0 Å². The summed E-state index contributed by atoms with van der Waals surface area (Å²) >= 11 is 8.22. The fraction of sp³-hybridized carbons (Fsp3) is 0. The number of pyridine rings is 1. The molecule has 0 saturated heterocycles. The average Bonchev–Trinajstić information content (AvgIpc) is 3.21. The van der Waals surface area contributed by atoms with E-state index in [1.54, 1.807) is 23.7 Å². The van der Waals surface area contributed by atoms with E-state index in [2.05, 4.69) is 65.6 Å². The van der Waals surface area contributed by atoms with Crippen LogP contribution in [0.2, 0.25) is 5.15 Å². The molecule has 0 unspecified atom stereocenters. The largest absolute Gasteiger partial charge is 0.264 e. The quantitative estimate of drug-likeness (QED) is 0.275. The van der Waals surface area contributed by atoms with Crippen LogP contribution in [0.15, 0.2) is 97.3 Å². The fourth-order valence-electron chi connectivity index (χ4n) is 4.00. The highest BCUT2D eigenvalue weighted by atomic mass is 35.5. The topological polar surface area (TPSA) is 38.7 Å². The molecular formula is C27H16ClN3S. The molecule has 0 saturated carbocycles. The minimum Gasteiger partial charge on any atom is -0.264 e. The molecular weight excluding hydrogens is 434 g/mol. The van der Waals surface area contributed by atoms with E-state index in [1.165, 1.54) is 22.3 Å². The van der Waals surface area contributed by atoms with E-state index in [9.17, 15) is 0 Å². The van der Waals surface area contributed by atoms with Gasteiger partial charge in [0.1, 0.15) is 16.0 Å². The standard InChI is InChI=1S/C27H16ClN3S/c28-26-24(19-12-7-13-29-16-19)31-27-25(30-26)22-14-20(17-8-3-1-4-9-17)21(15-23(22)32-27)18-10-5-2-6-11-18/h1-16H. The third-order valence-electron chi connectivity index (χ3n) is 5.51. The van der Waals surface area contributed by atoms with Crippen molar-refractivity contribution in [2.75, 3.05) is 0 Å². The van der Waals surface area contributed by atoms with Gasteiger partial charge in [0.05, 0.1) is 0 Å². The van der Waals surface area contributed by atoms with Crippen molar-refractivity contribution in [3.63, 3.8) is 0 Å². The van der Waals surface area contributed by atoms with Crippen LogP contribution >= 0.6 is 22.9 Å². The molecule has 6 rings (SSSR count). The zero-order valence-electron chi connectivity index (χ0n) is 16.9. The molecule has 0 spiro atoms. The minimum atomic E-state index is 0.388. The highest BCUT2D eigenvalue weighted by molar-refractivity contribution is 7.25. The van der Waals surface area contributed by atoms with Crippen molar-refractivity contribution < 1.29 is 0 Å². The van der Waals surface area contributed by atoms with Crippen molar-refractivity contribution in [2.45, 2.75) is 0 Å². The van der Waals surface area contributed by atoms with Crippen LogP contribution in [0.4, 0.5) is 0 Å². The van der Waals surface area contributed by atoms with Gasteiger partial charge in [-0.1, -0.05) is 72.3 Å². The van der Waals surface area contributed by atoms with Crippen molar-refractivity contribution in [2.24, 2.45) is 0 Å². The van der Waals surface area contributed by atoms with E-state index in [0.29, 0.717) is 10.8 Å². The van der Waals surface area contributed by atoms with E-state index in [1.807, 2.05) is 24.3 Å². The van der Waals surface area contributed by atoms with Crippen LogP contribution in [0.25, 0.3) is 53.9 Å². The zero-order chi connectivity index (χ0) is 21.5. The Kier molecular flexibility index (Phi) is 4.67. The monoisotopic (exact) mass is 449 g/mol. The molecule has 152 valence electrons. The number of thiophene rings is 1. The lowest BCUT2D eigenvalue weighted by Crippen LogP contribution is -1.90. The van der Waals surface area contributed by atoms with Crippen LogP contribution in [-0.2, 0) is 0 Å². The Hall–Kier alpha value is -3.60. The zero-order valence-corrected chi connectivity index (χ0v) is 18.4. The molecule has 0 atom stereocenters. The molecule has 0 fully saturated rings. The van der Waals surface area contributed by atoms with Crippen LogP contribution in [0, 0.1) is 0 Å². The normalized spacial score (nSPS) is 11.3. The molecule has 6 aromatic rings. The minimum absolute atomic E-state index is 0.388. The Bertz CT molecular complexity index is 1560. The van der Waals surface area contributed by atoms with Crippen LogP contribution in [-0.4, -0.2) is 15.0 Å². The molecule has 0 aliphatic carbocycles. The first-order valence-electron chi connectivity index (χ1n) is 10.2. The Morgan fingerprint density at radius 3 is 2.00 bits per heavy atom. The summed E-state index contributed by atoms with van der Waals surface area (Å²) < 4.78 is 1.14. The highest BCUT2D eigenvalue weighted by Crippen LogP contribution is 2.42. The van der Waals surface area contributed by atoms with Gasteiger partial charge in [-0.3, -0.25) is 4.98 Å². The lowest BCUT2D eigenvalue weighted by molar-refractivity contribution is 1.28. The first-order valence-corrected chi connectivity index (χ1v) is 11.4. The van der Waals surface area contributed by atoms with Crippen LogP contribution in [0.3, 0.4) is 0 Å². The third-order valence-corrected chi connectivity index (χ3v) is 6.81. The van der Waals surface area contributed by atoms with E-state index in [4.69, 9.17) is 21.6 Å². The molecule has 3 aromatic heterocycles. The fourth-order valence-corrected chi connectivity index (χ4v) is 5.27. The van der Waals surface area contributed by atoms with Gasteiger partial charge in [0.25, 0.3) is 0 Å². The van der Waals surface area contributed by atoms with Crippen LogP contribution in [0.5, 0.6) is 0 Å². The summed E-state index contributed by atoms with van der Waals surface area (Å²) in [6, 6.07) is 29.2. The Labute approximate surface area is 194 Å². The van der Waals surface area contributed by atoms with Crippen molar-refractivity contribution in [1.82, 2.24) is 15.0 Å². The maximum absolute atomic E-state index is 6.58. The van der Waals surface area contributed by atoms with E-state index >= 15 is 0 Å². The number of hydrogen-bond donors (Lipinski definition) is 0. The molecule has 0 aliphatic rings. The lowest BCUT2D eigenvalue weighted by atomic mass is 9.93. The average molecular weight is 450 g/mol. The molecule has 3 nitrogen and oxygen atoms in total. The number of benzene rings is 3. The summed E-state index contributed by atoms with van der Waals surface area (Å²) in [4.78, 5) is 14.7. The van der Waals surface area contributed by atoms with Crippen molar-refractivity contribution >= 4 is 43.4 Å². The summed E-state index contributed by atoms with van der Waals surface area (Å²) in [6.45, 7) is 0. The summed E-state index contributed by atoms with van der Waals surface area (Å²) in [5.74, 6) is 0. The van der Waals surface area contributed by atoms with Gasteiger partial charge in [0.15, 0.2) is 5.15 Å². The Morgan fingerprint density at radius 2 is 1.34 bits per heavy atom. The van der Waals surface area contributed by atoms with Gasteiger partial charge >= 0.3 is 0 Å². The third kappa shape index (κ3) is 3.25. The number of rotatable bonds is 3. The Balaban J connectivity index is 1.64. The van der Waals surface area contributed by atoms with E-state index in [0.717, 1.165) is 26.0 Å². The van der Waals surface area contributed by atoms with Gasteiger partial charge in [-0.15, -0.1) is 11.3 Å². The molecule has 3 aromatic carbocycles. The number of fused-ring (bicyclic) bond motifs is 3. The van der Waals surface area contributed by atoms with Crippen molar-refractivity contribution in [1.29, 1.82) is 0 Å². The second-order valence-corrected chi connectivity index (χ2v) is 8.88. The molecule has 0 aliphatic heterocycles. The number of hydrogen-bond acceptors (Lipinski definition) is 4. The maximum Gasteiger partial charge on any atom is 0.156 e. The molecule has 0 amide bonds. The van der Waals surface area contributed by atoms with Crippen LogP contribution < -0.4 is 0 Å². The van der Waals surface area contributed by atoms with Crippen molar-refractivity contribution in [3.05, 3.63) is 102 Å². The summed E-state index contributed by atoms with van der Waals surface area (Å²) in [5, 5.41) is 1.45. The molecule has 0 bridgehead atoms. The molecule has 0 radical (unpaired) electrons. The van der Waals surface area contributed by atoms with Crippen LogP contribution in [0.1, 0.15) is 0 Å². The van der Waals surface area contributed by atoms with E-state index < -0.39 is 0 Å². The first-order chi connectivity index (χ1) is 15.8. The summed E-state index contributed by atoms with van der Waals surface area (Å²) in [6.07, 6.45) is 3.50. The molecule has 32 heavy (non-hydrogen) atoms. The van der Waals surface area contributed by atoms with Crippen molar-refractivity contribution in [3.8, 4) is 33.5 Å². The highest BCUT2D eigenvalue weighted by Gasteiger charge is 2.17. The molecule has 3 heterocycles. The second-order valence-electron chi connectivity index (χ2n) is 7.49. The van der Waals surface area contributed by atoms with Gasteiger partial charge in [-0.2, -0.15) is 0 Å². The van der Waals surface area contributed by atoms with Gasteiger partial charge in [-0.05, 0) is 46.5 Å². The Morgan fingerprint density at radius 1 is 0.688 bits per heavy atom. The first kappa shape index (κ1) is 19.1. The predicted molar refractivity (Wildman–Crippen MR) is 134 cm³/mol. The van der Waals surface area contributed by atoms with Gasteiger partial charge in [0.2, 0.25) is 0 Å². The number of nitrogens with zero attached hydrogens (tertiary/aromatic N) is 3. The smallest absolute Gasteiger partial charge is 0.156 e. The second kappa shape index (κ2) is 7.83. The number of halogens is 1. The van der Waals surface area contributed by atoms with Gasteiger partial charge < -0.3 is 0 Å².